The van der Waals surface area contributed by atoms with Crippen molar-refractivity contribution >= 4 is 11.5 Å². The van der Waals surface area contributed by atoms with E-state index in [0.29, 0.717) is 0 Å². The average Bonchev–Trinajstić information content (AvgIpc) is 3.47. The quantitative estimate of drug-likeness (QED) is 0.386. The van der Waals surface area contributed by atoms with Gasteiger partial charge in [-0.1, -0.05) is 30.3 Å². The fourth-order valence-corrected chi connectivity index (χ4v) is 3.52. The minimum Gasteiger partial charge on any atom is -0.370 e. The molecular formula is C24H21FN6. The predicted molar refractivity (Wildman–Crippen MR) is 119 cm³/mol. The molecule has 0 radical (unpaired) electrons. The zero-order valence-corrected chi connectivity index (χ0v) is 16.8. The predicted octanol–water partition coefficient (Wildman–Crippen LogP) is 4.90. The topological polar surface area (TPSA) is 60.0 Å². The van der Waals surface area contributed by atoms with Crippen LogP contribution in [0.3, 0.4) is 0 Å². The molecule has 2 aromatic carbocycles. The maximum atomic E-state index is 13.3. The Labute approximate surface area is 179 Å². The zero-order valence-electron chi connectivity index (χ0n) is 16.8. The molecule has 0 aliphatic carbocycles. The second-order valence-corrected chi connectivity index (χ2v) is 7.28. The summed E-state index contributed by atoms with van der Waals surface area (Å²) in [4.78, 5) is 8.89. The summed E-state index contributed by atoms with van der Waals surface area (Å²) in [7, 11) is 0. The fraction of sp³-hybridized carbons (Fsp3) is 0.125. The van der Waals surface area contributed by atoms with Gasteiger partial charge in [-0.25, -0.2) is 14.4 Å². The van der Waals surface area contributed by atoms with Crippen LogP contribution in [0.1, 0.15) is 6.42 Å². The van der Waals surface area contributed by atoms with Crippen LogP contribution in [0.5, 0.6) is 0 Å². The molecule has 31 heavy (non-hydrogen) atoms. The van der Waals surface area contributed by atoms with Gasteiger partial charge in [0.1, 0.15) is 11.6 Å². The number of benzene rings is 2. The van der Waals surface area contributed by atoms with Crippen molar-refractivity contribution in [2.75, 3.05) is 11.9 Å². The summed E-state index contributed by atoms with van der Waals surface area (Å²) in [5.74, 6) is 0.597. The van der Waals surface area contributed by atoms with Crippen molar-refractivity contribution in [3.05, 3.63) is 91.3 Å². The van der Waals surface area contributed by atoms with Crippen molar-refractivity contribution in [2.24, 2.45) is 0 Å². The molecule has 0 unspecified atom stereocenters. The number of aryl methyl sites for hydroxylation is 1. The summed E-state index contributed by atoms with van der Waals surface area (Å²) in [6.07, 6.45) is 6.50. The molecule has 0 atom stereocenters. The van der Waals surface area contributed by atoms with Gasteiger partial charge in [-0.05, 0) is 30.7 Å². The van der Waals surface area contributed by atoms with Crippen LogP contribution in [0.4, 0.5) is 10.2 Å². The first-order valence-electron chi connectivity index (χ1n) is 10.2. The molecule has 3 heterocycles. The first kappa shape index (κ1) is 19.0. The van der Waals surface area contributed by atoms with E-state index in [2.05, 4.69) is 14.9 Å². The molecule has 0 aliphatic heterocycles. The van der Waals surface area contributed by atoms with Gasteiger partial charge in [-0.2, -0.15) is 9.61 Å². The van der Waals surface area contributed by atoms with Gasteiger partial charge < -0.3 is 9.88 Å². The highest BCUT2D eigenvalue weighted by Gasteiger charge is 2.12. The van der Waals surface area contributed by atoms with E-state index in [9.17, 15) is 4.39 Å². The lowest BCUT2D eigenvalue weighted by Crippen LogP contribution is -2.10. The second kappa shape index (κ2) is 8.39. The molecule has 0 spiro atoms. The Morgan fingerprint density at radius 3 is 2.48 bits per heavy atom. The van der Waals surface area contributed by atoms with E-state index in [1.807, 2.05) is 59.5 Å². The lowest BCUT2D eigenvalue weighted by atomic mass is 10.1. The van der Waals surface area contributed by atoms with Crippen LogP contribution in [0.25, 0.3) is 28.2 Å². The minimum absolute atomic E-state index is 0.266. The van der Waals surface area contributed by atoms with Gasteiger partial charge >= 0.3 is 0 Å². The number of nitrogens with one attached hydrogen (secondary N) is 1. The van der Waals surface area contributed by atoms with Crippen molar-refractivity contribution in [3.63, 3.8) is 0 Å². The van der Waals surface area contributed by atoms with Crippen LogP contribution >= 0.6 is 0 Å². The molecule has 7 heteroatoms. The van der Waals surface area contributed by atoms with Crippen LogP contribution in [-0.4, -0.2) is 30.7 Å². The molecule has 0 aliphatic rings. The van der Waals surface area contributed by atoms with E-state index in [1.165, 1.54) is 12.1 Å². The van der Waals surface area contributed by atoms with E-state index < -0.39 is 0 Å². The highest BCUT2D eigenvalue weighted by Crippen LogP contribution is 2.26. The molecule has 0 amide bonds. The van der Waals surface area contributed by atoms with Gasteiger partial charge in [0.15, 0.2) is 5.65 Å². The summed E-state index contributed by atoms with van der Waals surface area (Å²) in [5.41, 5.74) is 4.24. The molecule has 0 fully saturated rings. The Morgan fingerprint density at radius 1 is 0.903 bits per heavy atom. The monoisotopic (exact) mass is 412 g/mol. The van der Waals surface area contributed by atoms with Gasteiger partial charge in [0.2, 0.25) is 0 Å². The van der Waals surface area contributed by atoms with E-state index in [4.69, 9.17) is 10.1 Å². The summed E-state index contributed by atoms with van der Waals surface area (Å²) >= 11 is 0. The van der Waals surface area contributed by atoms with E-state index in [-0.39, 0.29) is 5.82 Å². The highest BCUT2D eigenvalue weighted by atomic mass is 19.1. The van der Waals surface area contributed by atoms with Crippen molar-refractivity contribution in [1.29, 1.82) is 0 Å². The Balaban J connectivity index is 1.48. The van der Waals surface area contributed by atoms with Gasteiger partial charge in [-0.3, -0.25) is 0 Å². The highest BCUT2D eigenvalue weighted by molar-refractivity contribution is 5.70. The number of hydrogen-bond donors (Lipinski definition) is 1. The molecule has 3 aromatic heterocycles. The maximum absolute atomic E-state index is 13.3. The number of halogens is 1. The molecule has 5 rings (SSSR count). The van der Waals surface area contributed by atoms with Crippen molar-refractivity contribution in [3.8, 4) is 22.5 Å². The Morgan fingerprint density at radius 2 is 1.71 bits per heavy atom. The Hall–Kier alpha value is -4.00. The molecule has 154 valence electrons. The number of aromatic nitrogens is 5. The number of nitrogens with zero attached hydrogens (tertiary/aromatic N) is 5. The van der Waals surface area contributed by atoms with Crippen LogP contribution in [0.2, 0.25) is 0 Å². The molecule has 0 saturated carbocycles. The summed E-state index contributed by atoms with van der Waals surface area (Å²) < 4.78 is 17.2. The normalized spacial score (nSPS) is 11.1. The number of anilines is 1. The standard InChI is InChI=1S/C24H21FN6/c25-20-9-7-19(8-10-20)22-16-24-28-21(18-5-2-1-3-6-18)15-23(31(24)29-22)27-11-4-13-30-14-12-26-17-30/h1-3,5-10,12,14-17,27H,4,11,13H2. The summed E-state index contributed by atoms with van der Waals surface area (Å²) in [5, 5.41) is 8.23. The zero-order chi connectivity index (χ0) is 21.0. The largest absolute Gasteiger partial charge is 0.370 e. The van der Waals surface area contributed by atoms with Crippen LogP contribution in [0, 0.1) is 5.82 Å². The van der Waals surface area contributed by atoms with E-state index in [1.54, 1.807) is 18.3 Å². The maximum Gasteiger partial charge on any atom is 0.158 e. The van der Waals surface area contributed by atoms with E-state index >= 15 is 0 Å². The first-order chi connectivity index (χ1) is 15.3. The SMILES string of the molecule is Fc1ccc(-c2cc3nc(-c4ccccc4)cc(NCCCn4ccnc4)n3n2)cc1. The fourth-order valence-electron chi connectivity index (χ4n) is 3.52. The first-order valence-corrected chi connectivity index (χ1v) is 10.2. The summed E-state index contributed by atoms with van der Waals surface area (Å²) in [6, 6.07) is 20.4. The second-order valence-electron chi connectivity index (χ2n) is 7.28. The number of fused-ring (bicyclic) bond motifs is 1. The molecule has 6 nitrogen and oxygen atoms in total. The van der Waals surface area contributed by atoms with E-state index in [0.717, 1.165) is 53.5 Å². The van der Waals surface area contributed by atoms with Gasteiger partial charge in [-0.15, -0.1) is 0 Å². The minimum atomic E-state index is -0.266. The molecule has 5 aromatic rings. The molecule has 1 N–H and O–H groups in total. The lowest BCUT2D eigenvalue weighted by Gasteiger charge is -2.11. The Bertz CT molecular complexity index is 1280. The number of hydrogen-bond acceptors (Lipinski definition) is 4. The third kappa shape index (κ3) is 4.16. The Kier molecular flexibility index (Phi) is 5.14. The molecule has 0 saturated heterocycles. The van der Waals surface area contributed by atoms with Gasteiger partial charge in [0.05, 0.1) is 17.7 Å². The third-order valence-corrected chi connectivity index (χ3v) is 5.10. The van der Waals surface area contributed by atoms with Gasteiger partial charge in [0, 0.05) is 48.7 Å². The lowest BCUT2D eigenvalue weighted by molar-refractivity contribution is 0.628. The van der Waals surface area contributed by atoms with Crippen molar-refractivity contribution in [1.82, 2.24) is 24.1 Å². The average molecular weight is 412 g/mol. The third-order valence-electron chi connectivity index (χ3n) is 5.10. The van der Waals surface area contributed by atoms with Crippen LogP contribution in [-0.2, 0) is 6.54 Å². The van der Waals surface area contributed by atoms with Crippen molar-refractivity contribution < 1.29 is 4.39 Å². The molecular weight excluding hydrogens is 391 g/mol. The van der Waals surface area contributed by atoms with Crippen molar-refractivity contribution in [2.45, 2.75) is 13.0 Å². The smallest absolute Gasteiger partial charge is 0.158 e. The van der Waals surface area contributed by atoms with Crippen LogP contribution < -0.4 is 5.32 Å². The number of rotatable bonds is 7. The van der Waals surface area contributed by atoms with Gasteiger partial charge in [0.25, 0.3) is 0 Å². The van der Waals surface area contributed by atoms with Crippen LogP contribution in [0.15, 0.2) is 85.5 Å². The number of imidazole rings is 1. The summed E-state index contributed by atoms with van der Waals surface area (Å²) in [6.45, 7) is 1.66. The molecule has 0 bridgehead atoms.